The van der Waals surface area contributed by atoms with Gasteiger partial charge in [0, 0.05) is 18.3 Å². The number of anilines is 1. The van der Waals surface area contributed by atoms with E-state index in [-0.39, 0.29) is 42.5 Å². The number of benzene rings is 1. The maximum Gasteiger partial charge on any atom is 0.238 e. The van der Waals surface area contributed by atoms with Crippen LogP contribution in [0.2, 0.25) is 0 Å². The zero-order valence-corrected chi connectivity index (χ0v) is 16.4. The fourth-order valence-corrected chi connectivity index (χ4v) is 4.85. The second kappa shape index (κ2) is 8.64. The van der Waals surface area contributed by atoms with E-state index in [4.69, 9.17) is 0 Å². The molecule has 0 saturated carbocycles. The molecular formula is C18H27N3O4S. The number of likely N-dealkylation sites (N-methyl/N-ethyl adjacent to an activating group) is 2. The minimum atomic E-state index is -3.04. The van der Waals surface area contributed by atoms with Crippen LogP contribution in [0.1, 0.15) is 18.9 Å². The van der Waals surface area contributed by atoms with Crippen molar-refractivity contribution < 1.29 is 18.0 Å². The molecule has 1 aromatic carbocycles. The number of carbonyl (C=O) groups is 2. The number of hydrogen-bond acceptors (Lipinski definition) is 5. The predicted molar refractivity (Wildman–Crippen MR) is 102 cm³/mol. The van der Waals surface area contributed by atoms with Gasteiger partial charge in [0.05, 0.1) is 24.6 Å². The summed E-state index contributed by atoms with van der Waals surface area (Å²) in [5, 5.41) is 2.80. The first-order valence-electron chi connectivity index (χ1n) is 8.75. The highest BCUT2D eigenvalue weighted by Gasteiger charge is 2.34. The third-order valence-electron chi connectivity index (χ3n) is 4.46. The number of amides is 2. The second-order valence-corrected chi connectivity index (χ2v) is 9.05. The van der Waals surface area contributed by atoms with Crippen LogP contribution in [0.5, 0.6) is 0 Å². The van der Waals surface area contributed by atoms with Gasteiger partial charge in [0.25, 0.3) is 0 Å². The summed E-state index contributed by atoms with van der Waals surface area (Å²) >= 11 is 0. The third-order valence-corrected chi connectivity index (χ3v) is 6.21. The molecule has 1 aliphatic rings. The molecule has 0 aliphatic carbocycles. The molecule has 0 bridgehead atoms. The Labute approximate surface area is 155 Å². The van der Waals surface area contributed by atoms with Crippen molar-refractivity contribution in [3.63, 3.8) is 0 Å². The van der Waals surface area contributed by atoms with E-state index in [9.17, 15) is 18.0 Å². The van der Waals surface area contributed by atoms with Gasteiger partial charge in [-0.15, -0.1) is 0 Å². The highest BCUT2D eigenvalue weighted by molar-refractivity contribution is 7.91. The Morgan fingerprint density at radius 3 is 2.38 bits per heavy atom. The van der Waals surface area contributed by atoms with Crippen molar-refractivity contribution >= 4 is 27.3 Å². The number of nitrogens with one attached hydrogen (secondary N) is 1. The summed E-state index contributed by atoms with van der Waals surface area (Å²) in [5.41, 5.74) is 1.82. The summed E-state index contributed by atoms with van der Waals surface area (Å²) in [6.45, 7) is 4.43. The summed E-state index contributed by atoms with van der Waals surface area (Å²) in [6.07, 6.45) is 0.486. The lowest BCUT2D eigenvalue weighted by atomic mass is 10.2. The van der Waals surface area contributed by atoms with Crippen LogP contribution in [-0.4, -0.2) is 74.3 Å². The van der Waals surface area contributed by atoms with Crippen LogP contribution in [-0.2, 0) is 19.4 Å². The highest BCUT2D eigenvalue weighted by Crippen LogP contribution is 2.18. The number of aryl methyl sites for hydroxylation is 1. The van der Waals surface area contributed by atoms with Gasteiger partial charge in [0.1, 0.15) is 0 Å². The topological polar surface area (TPSA) is 86.8 Å². The molecule has 0 spiro atoms. The van der Waals surface area contributed by atoms with Gasteiger partial charge in [0.2, 0.25) is 11.8 Å². The predicted octanol–water partition coefficient (Wildman–Crippen LogP) is 0.901. The summed E-state index contributed by atoms with van der Waals surface area (Å²) in [5.74, 6) is -0.184. The van der Waals surface area contributed by atoms with Crippen molar-refractivity contribution in [2.24, 2.45) is 0 Å². The van der Waals surface area contributed by atoms with Crippen molar-refractivity contribution in [3.8, 4) is 0 Å². The first kappa shape index (κ1) is 20.4. The number of carbonyl (C=O) groups excluding carboxylic acids is 2. The molecular weight excluding hydrogens is 354 g/mol. The molecule has 1 atom stereocenters. The molecule has 0 aromatic heterocycles. The largest absolute Gasteiger partial charge is 0.338 e. The van der Waals surface area contributed by atoms with E-state index >= 15 is 0 Å². The van der Waals surface area contributed by atoms with Gasteiger partial charge >= 0.3 is 0 Å². The van der Waals surface area contributed by atoms with Crippen molar-refractivity contribution in [3.05, 3.63) is 29.8 Å². The van der Waals surface area contributed by atoms with Crippen LogP contribution in [0.25, 0.3) is 0 Å². The van der Waals surface area contributed by atoms with E-state index < -0.39 is 9.84 Å². The zero-order chi connectivity index (χ0) is 19.3. The van der Waals surface area contributed by atoms with Crippen LogP contribution in [0, 0.1) is 6.92 Å². The third kappa shape index (κ3) is 5.81. The number of rotatable bonds is 7. The fourth-order valence-electron chi connectivity index (χ4n) is 3.12. The quantitative estimate of drug-likeness (QED) is 0.758. The maximum absolute atomic E-state index is 12.5. The average molecular weight is 381 g/mol. The van der Waals surface area contributed by atoms with Crippen LogP contribution in [0.4, 0.5) is 5.69 Å². The van der Waals surface area contributed by atoms with E-state index in [1.807, 2.05) is 38.1 Å². The van der Waals surface area contributed by atoms with Crippen molar-refractivity contribution in [1.82, 2.24) is 9.80 Å². The lowest BCUT2D eigenvalue weighted by Gasteiger charge is -2.28. The van der Waals surface area contributed by atoms with Crippen molar-refractivity contribution in [2.75, 3.05) is 43.5 Å². The summed E-state index contributed by atoms with van der Waals surface area (Å²) in [7, 11) is -1.34. The Morgan fingerprint density at radius 2 is 1.85 bits per heavy atom. The minimum absolute atomic E-state index is 0.0319. The van der Waals surface area contributed by atoms with Crippen LogP contribution < -0.4 is 5.32 Å². The fraction of sp³-hybridized carbons (Fsp3) is 0.556. The molecule has 1 aliphatic heterocycles. The van der Waals surface area contributed by atoms with Gasteiger partial charge in [-0.3, -0.25) is 14.5 Å². The smallest absolute Gasteiger partial charge is 0.238 e. The molecule has 1 aromatic rings. The van der Waals surface area contributed by atoms with E-state index in [1.165, 1.54) is 0 Å². The summed E-state index contributed by atoms with van der Waals surface area (Å²) in [6, 6.07) is 7.23. The van der Waals surface area contributed by atoms with Crippen LogP contribution in [0.3, 0.4) is 0 Å². The molecule has 0 unspecified atom stereocenters. The van der Waals surface area contributed by atoms with Gasteiger partial charge in [0.15, 0.2) is 9.84 Å². The zero-order valence-electron chi connectivity index (χ0n) is 15.6. The molecule has 7 nitrogen and oxygen atoms in total. The molecule has 26 heavy (non-hydrogen) atoms. The molecule has 144 valence electrons. The molecule has 1 fully saturated rings. The number of hydrogen-bond donors (Lipinski definition) is 1. The Balaban J connectivity index is 1.85. The normalized spacial score (nSPS) is 18.7. The molecule has 2 amide bonds. The first-order valence-corrected chi connectivity index (χ1v) is 10.6. The lowest BCUT2D eigenvalue weighted by molar-refractivity contribution is -0.134. The SMILES string of the molecule is CCN(C(=O)CN(C)CC(=O)Nc1ccc(C)cc1)[C@@H]1CCS(=O)(=O)C1. The van der Waals surface area contributed by atoms with Gasteiger partial charge in [-0.05, 0) is 39.4 Å². The molecule has 0 radical (unpaired) electrons. The molecule has 1 N–H and O–H groups in total. The Hall–Kier alpha value is -1.93. The minimum Gasteiger partial charge on any atom is -0.338 e. The average Bonchev–Trinajstić information content (AvgIpc) is 2.89. The Bertz CT molecular complexity index is 746. The van der Waals surface area contributed by atoms with Gasteiger partial charge in [-0.2, -0.15) is 0 Å². The number of sulfone groups is 1. The standard InChI is InChI=1S/C18H27N3O4S/c1-4-21(16-9-10-26(24,25)13-16)18(23)12-20(3)11-17(22)19-15-7-5-14(2)6-8-15/h5-8,16H,4,9-13H2,1-3H3,(H,19,22)/t16-/m1/s1. The maximum atomic E-state index is 12.5. The first-order chi connectivity index (χ1) is 12.2. The van der Waals surface area contributed by atoms with Crippen LogP contribution >= 0.6 is 0 Å². The van der Waals surface area contributed by atoms with E-state index in [0.29, 0.717) is 18.7 Å². The van der Waals surface area contributed by atoms with E-state index in [1.54, 1.807) is 16.8 Å². The number of nitrogens with zero attached hydrogens (tertiary/aromatic N) is 2. The Morgan fingerprint density at radius 1 is 1.19 bits per heavy atom. The molecule has 2 rings (SSSR count). The molecule has 1 heterocycles. The van der Waals surface area contributed by atoms with Gasteiger partial charge in [-0.25, -0.2) is 8.42 Å². The summed E-state index contributed by atoms with van der Waals surface area (Å²) in [4.78, 5) is 27.9. The highest BCUT2D eigenvalue weighted by atomic mass is 32.2. The monoisotopic (exact) mass is 381 g/mol. The molecule has 1 saturated heterocycles. The summed E-state index contributed by atoms with van der Waals surface area (Å²) < 4.78 is 23.3. The lowest BCUT2D eigenvalue weighted by Crippen LogP contribution is -2.46. The van der Waals surface area contributed by atoms with Gasteiger partial charge in [-0.1, -0.05) is 17.7 Å². The van der Waals surface area contributed by atoms with E-state index in [0.717, 1.165) is 5.56 Å². The van der Waals surface area contributed by atoms with Gasteiger partial charge < -0.3 is 10.2 Å². The Kier molecular flexibility index (Phi) is 6.77. The second-order valence-electron chi connectivity index (χ2n) is 6.82. The molecule has 8 heteroatoms. The van der Waals surface area contributed by atoms with Crippen LogP contribution in [0.15, 0.2) is 24.3 Å². The van der Waals surface area contributed by atoms with Crippen molar-refractivity contribution in [1.29, 1.82) is 0 Å². The van der Waals surface area contributed by atoms with Crippen molar-refractivity contribution in [2.45, 2.75) is 26.3 Å². The van der Waals surface area contributed by atoms with E-state index in [2.05, 4.69) is 5.32 Å².